The second-order valence-electron chi connectivity index (χ2n) is 5.01. The van der Waals surface area contributed by atoms with Gasteiger partial charge in [0.05, 0.1) is 5.69 Å². The molecule has 0 aliphatic rings. The van der Waals surface area contributed by atoms with E-state index in [1.807, 2.05) is 36.0 Å². The van der Waals surface area contributed by atoms with Crippen LogP contribution in [-0.4, -0.2) is 26.8 Å². The molecule has 0 atom stereocenters. The van der Waals surface area contributed by atoms with E-state index in [1.54, 1.807) is 11.7 Å². The van der Waals surface area contributed by atoms with Gasteiger partial charge in [0, 0.05) is 26.8 Å². The van der Waals surface area contributed by atoms with E-state index >= 15 is 0 Å². The molecule has 0 aliphatic heterocycles. The monoisotopic (exact) mass is 274 g/mol. The predicted molar refractivity (Wildman–Crippen MR) is 79.5 cm³/mol. The van der Waals surface area contributed by atoms with Crippen molar-refractivity contribution < 1.29 is 4.79 Å². The molecule has 2 rings (SSSR count). The molecule has 0 spiro atoms. The van der Waals surface area contributed by atoms with E-state index in [4.69, 9.17) is 0 Å². The van der Waals surface area contributed by atoms with Gasteiger partial charge in [-0.3, -0.25) is 9.48 Å². The van der Waals surface area contributed by atoms with Gasteiger partial charge < -0.3 is 9.88 Å². The molecule has 2 aromatic rings. The summed E-state index contributed by atoms with van der Waals surface area (Å²) in [7, 11) is 3.77. The molecule has 0 bridgehead atoms. The lowest BCUT2D eigenvalue weighted by molar-refractivity contribution is 0.0943. The zero-order chi connectivity index (χ0) is 14.5. The lowest BCUT2D eigenvalue weighted by Gasteiger charge is -2.04. The van der Waals surface area contributed by atoms with Crippen LogP contribution in [0.25, 0.3) is 11.4 Å². The van der Waals surface area contributed by atoms with E-state index in [1.165, 1.54) is 0 Å². The van der Waals surface area contributed by atoms with Gasteiger partial charge in [-0.1, -0.05) is 19.8 Å². The quantitative estimate of drug-likeness (QED) is 0.822. The molecule has 2 aromatic heterocycles. The third kappa shape index (κ3) is 3.10. The van der Waals surface area contributed by atoms with E-state index in [0.29, 0.717) is 5.69 Å². The van der Waals surface area contributed by atoms with Gasteiger partial charge in [0.25, 0.3) is 5.91 Å². The number of aromatic nitrogens is 3. The maximum atomic E-state index is 12.1. The number of aryl methyl sites for hydroxylation is 2. The molecule has 0 aromatic carbocycles. The summed E-state index contributed by atoms with van der Waals surface area (Å²) in [5, 5.41) is 7.36. The van der Waals surface area contributed by atoms with Crippen LogP contribution in [0.1, 0.15) is 36.7 Å². The Morgan fingerprint density at radius 2 is 2.15 bits per heavy atom. The molecule has 0 aliphatic carbocycles. The first kappa shape index (κ1) is 14.4. The minimum atomic E-state index is -0.0587. The van der Waals surface area contributed by atoms with E-state index in [0.717, 1.165) is 37.2 Å². The Bertz CT molecular complexity index is 582. The van der Waals surface area contributed by atoms with Crippen LogP contribution in [0.2, 0.25) is 0 Å². The molecule has 1 amide bonds. The van der Waals surface area contributed by atoms with Gasteiger partial charge in [-0.25, -0.2) is 0 Å². The largest absolute Gasteiger partial charge is 0.351 e. The minimum absolute atomic E-state index is 0.0587. The fourth-order valence-electron chi connectivity index (χ4n) is 2.20. The number of hydrogen-bond donors (Lipinski definition) is 1. The summed E-state index contributed by atoms with van der Waals surface area (Å²) in [6, 6.07) is 5.80. The van der Waals surface area contributed by atoms with Crippen molar-refractivity contribution in [3.63, 3.8) is 0 Å². The normalized spacial score (nSPS) is 10.8. The maximum Gasteiger partial charge on any atom is 0.269 e. The SMILES string of the molecule is CCCCCNC(=O)c1cc(-c2cccn2C)nn1C. The van der Waals surface area contributed by atoms with Crippen molar-refractivity contribution in [2.75, 3.05) is 6.54 Å². The molecule has 108 valence electrons. The van der Waals surface area contributed by atoms with Crippen molar-refractivity contribution >= 4 is 5.91 Å². The summed E-state index contributed by atoms with van der Waals surface area (Å²) >= 11 is 0. The third-order valence-electron chi connectivity index (χ3n) is 3.38. The molecular formula is C15H22N4O. The Kier molecular flexibility index (Phi) is 4.61. The van der Waals surface area contributed by atoms with Gasteiger partial charge >= 0.3 is 0 Å². The number of nitrogens with zero attached hydrogens (tertiary/aromatic N) is 3. The van der Waals surface area contributed by atoms with E-state index in [-0.39, 0.29) is 5.91 Å². The summed E-state index contributed by atoms with van der Waals surface area (Å²) in [5.41, 5.74) is 2.42. The van der Waals surface area contributed by atoms with Crippen LogP contribution in [0.4, 0.5) is 0 Å². The van der Waals surface area contributed by atoms with E-state index in [2.05, 4.69) is 17.3 Å². The van der Waals surface area contributed by atoms with E-state index < -0.39 is 0 Å². The van der Waals surface area contributed by atoms with Crippen LogP contribution in [0.5, 0.6) is 0 Å². The van der Waals surface area contributed by atoms with Crippen molar-refractivity contribution in [2.45, 2.75) is 26.2 Å². The van der Waals surface area contributed by atoms with Gasteiger partial charge in [-0.05, 0) is 24.6 Å². The number of unbranched alkanes of at least 4 members (excludes halogenated alkanes) is 2. The highest BCUT2D eigenvalue weighted by Crippen LogP contribution is 2.18. The number of carbonyl (C=O) groups excluding carboxylic acids is 1. The Morgan fingerprint density at radius 3 is 2.80 bits per heavy atom. The fourth-order valence-corrected chi connectivity index (χ4v) is 2.20. The predicted octanol–water partition coefficient (Wildman–Crippen LogP) is 2.35. The maximum absolute atomic E-state index is 12.1. The first-order chi connectivity index (χ1) is 9.63. The Balaban J connectivity index is 2.08. The van der Waals surface area contributed by atoms with Crippen LogP contribution in [0, 0.1) is 0 Å². The van der Waals surface area contributed by atoms with Crippen LogP contribution in [0.15, 0.2) is 24.4 Å². The van der Waals surface area contributed by atoms with Crippen molar-refractivity contribution in [3.05, 3.63) is 30.1 Å². The average molecular weight is 274 g/mol. The lowest BCUT2D eigenvalue weighted by Crippen LogP contribution is -2.26. The standard InChI is InChI=1S/C15H22N4O/c1-4-5-6-9-16-15(20)14-11-12(17-19(14)3)13-8-7-10-18(13)2/h7-8,10-11H,4-6,9H2,1-3H3,(H,16,20). The first-order valence-corrected chi connectivity index (χ1v) is 7.07. The van der Waals surface area contributed by atoms with Gasteiger partial charge in [-0.2, -0.15) is 5.10 Å². The Hall–Kier alpha value is -2.04. The molecule has 0 unspecified atom stereocenters. The second kappa shape index (κ2) is 6.41. The number of rotatable bonds is 6. The number of amides is 1. The number of hydrogen-bond acceptors (Lipinski definition) is 2. The Morgan fingerprint density at radius 1 is 1.35 bits per heavy atom. The molecule has 2 heterocycles. The minimum Gasteiger partial charge on any atom is -0.351 e. The molecule has 0 saturated heterocycles. The summed E-state index contributed by atoms with van der Waals surface area (Å²) in [6.07, 6.45) is 5.28. The highest BCUT2D eigenvalue weighted by molar-refractivity contribution is 5.93. The van der Waals surface area contributed by atoms with Crippen molar-refractivity contribution in [2.24, 2.45) is 14.1 Å². The van der Waals surface area contributed by atoms with Crippen LogP contribution >= 0.6 is 0 Å². The first-order valence-electron chi connectivity index (χ1n) is 7.07. The number of nitrogens with one attached hydrogen (secondary N) is 1. The van der Waals surface area contributed by atoms with Crippen LogP contribution in [-0.2, 0) is 14.1 Å². The van der Waals surface area contributed by atoms with E-state index in [9.17, 15) is 4.79 Å². The molecule has 5 nitrogen and oxygen atoms in total. The summed E-state index contributed by atoms with van der Waals surface area (Å²) in [6.45, 7) is 2.87. The highest BCUT2D eigenvalue weighted by atomic mass is 16.2. The zero-order valence-corrected chi connectivity index (χ0v) is 12.4. The molecular weight excluding hydrogens is 252 g/mol. The smallest absolute Gasteiger partial charge is 0.269 e. The van der Waals surface area contributed by atoms with Crippen molar-refractivity contribution in [3.8, 4) is 11.4 Å². The fraction of sp³-hybridized carbons (Fsp3) is 0.467. The molecule has 0 saturated carbocycles. The zero-order valence-electron chi connectivity index (χ0n) is 12.4. The highest BCUT2D eigenvalue weighted by Gasteiger charge is 2.14. The molecule has 20 heavy (non-hydrogen) atoms. The molecule has 1 N–H and O–H groups in total. The average Bonchev–Trinajstić information content (AvgIpc) is 3.00. The third-order valence-corrected chi connectivity index (χ3v) is 3.38. The van der Waals surface area contributed by atoms with Gasteiger partial charge in [-0.15, -0.1) is 0 Å². The molecule has 0 fully saturated rings. The Labute approximate surface area is 119 Å². The van der Waals surface area contributed by atoms with Crippen molar-refractivity contribution in [1.29, 1.82) is 0 Å². The summed E-state index contributed by atoms with van der Waals surface area (Å²) in [4.78, 5) is 12.1. The van der Waals surface area contributed by atoms with Crippen LogP contribution < -0.4 is 5.32 Å². The van der Waals surface area contributed by atoms with Gasteiger partial charge in [0.2, 0.25) is 0 Å². The molecule has 5 heteroatoms. The van der Waals surface area contributed by atoms with Crippen molar-refractivity contribution in [1.82, 2.24) is 19.7 Å². The molecule has 0 radical (unpaired) electrons. The number of carbonyl (C=O) groups is 1. The lowest BCUT2D eigenvalue weighted by atomic mass is 10.2. The van der Waals surface area contributed by atoms with Gasteiger partial charge in [0.15, 0.2) is 0 Å². The second-order valence-corrected chi connectivity index (χ2v) is 5.01. The van der Waals surface area contributed by atoms with Gasteiger partial charge in [0.1, 0.15) is 11.4 Å². The summed E-state index contributed by atoms with van der Waals surface area (Å²) in [5.74, 6) is -0.0587. The topological polar surface area (TPSA) is 51.9 Å². The summed E-state index contributed by atoms with van der Waals surface area (Å²) < 4.78 is 3.63. The van der Waals surface area contributed by atoms with Crippen LogP contribution in [0.3, 0.4) is 0 Å².